The van der Waals surface area contributed by atoms with Gasteiger partial charge < -0.3 is 0 Å². The van der Waals surface area contributed by atoms with Crippen molar-refractivity contribution in [2.45, 2.75) is 167 Å². The Balaban J connectivity index is 3.06. The third-order valence-corrected chi connectivity index (χ3v) is 6.80. The Morgan fingerprint density at radius 3 is 0.966 bits per heavy atom. The predicted molar refractivity (Wildman–Crippen MR) is 135 cm³/mol. The summed E-state index contributed by atoms with van der Waals surface area (Å²) in [4.78, 5) is 0. The van der Waals surface area contributed by atoms with E-state index in [1.54, 1.807) is 0 Å². The van der Waals surface area contributed by atoms with Gasteiger partial charge in [0.15, 0.2) is 0 Å². The van der Waals surface area contributed by atoms with Crippen LogP contribution in [0.3, 0.4) is 0 Å². The highest BCUT2D eigenvalue weighted by Gasteiger charge is 2.04. The Morgan fingerprint density at radius 2 is 0.690 bits per heavy atom. The molecule has 0 heterocycles. The molecular formula is C29H58. The molecule has 1 unspecified atom stereocenters. The van der Waals surface area contributed by atoms with Crippen molar-refractivity contribution in [2.24, 2.45) is 5.92 Å². The van der Waals surface area contributed by atoms with Crippen molar-refractivity contribution < 1.29 is 0 Å². The third-order valence-electron chi connectivity index (χ3n) is 6.80. The van der Waals surface area contributed by atoms with Crippen LogP contribution in [0.2, 0.25) is 0 Å². The molecule has 0 amide bonds. The van der Waals surface area contributed by atoms with Gasteiger partial charge in [0.2, 0.25) is 0 Å². The van der Waals surface area contributed by atoms with Crippen LogP contribution < -0.4 is 0 Å². The van der Waals surface area contributed by atoms with Gasteiger partial charge in [-0.3, -0.25) is 0 Å². The second kappa shape index (κ2) is 26.0. The van der Waals surface area contributed by atoms with Crippen LogP contribution in [0.5, 0.6) is 0 Å². The normalized spacial score (nSPS) is 12.5. The molecule has 174 valence electrons. The van der Waals surface area contributed by atoms with Crippen molar-refractivity contribution in [3.8, 4) is 0 Å². The predicted octanol–water partition coefficient (Wildman–Crippen LogP) is 11.0. The number of unbranched alkanes of at least 4 members (excludes halogenated alkanes) is 20. The van der Waals surface area contributed by atoms with E-state index < -0.39 is 0 Å². The Labute approximate surface area is 187 Å². The molecule has 0 N–H and O–H groups in total. The summed E-state index contributed by atoms with van der Waals surface area (Å²) in [6, 6.07) is 0. The van der Waals surface area contributed by atoms with E-state index in [1.807, 2.05) is 0 Å². The van der Waals surface area contributed by atoms with Crippen molar-refractivity contribution in [3.63, 3.8) is 0 Å². The molecule has 29 heavy (non-hydrogen) atoms. The van der Waals surface area contributed by atoms with Crippen LogP contribution >= 0.6 is 0 Å². The summed E-state index contributed by atoms with van der Waals surface area (Å²) < 4.78 is 0. The van der Waals surface area contributed by atoms with E-state index in [0.29, 0.717) is 0 Å². The fourth-order valence-corrected chi connectivity index (χ4v) is 4.63. The zero-order valence-corrected chi connectivity index (χ0v) is 20.7. The molecular weight excluding hydrogens is 348 g/mol. The molecule has 2 radical (unpaired) electrons. The Kier molecular flexibility index (Phi) is 26.0. The van der Waals surface area contributed by atoms with Crippen molar-refractivity contribution in [1.82, 2.24) is 0 Å². The molecule has 0 bridgehead atoms. The lowest BCUT2D eigenvalue weighted by atomic mass is 9.94. The highest BCUT2D eigenvalue weighted by atomic mass is 14.1. The molecule has 0 aromatic heterocycles. The molecule has 0 aliphatic heterocycles. The summed E-state index contributed by atoms with van der Waals surface area (Å²) in [6.07, 6.45) is 35.6. The van der Waals surface area contributed by atoms with E-state index in [0.717, 1.165) is 18.8 Å². The average Bonchev–Trinajstić information content (AvgIpc) is 2.74. The standard InChI is InChI=1S/C29H58/c1-4-7-8-9-10-11-12-13-14-15-16-17-18-19-20-21-22-23-24-25-26-28-29(6-3)27-5-2/h29H,1-2,4-28H2,3H3. The van der Waals surface area contributed by atoms with Crippen molar-refractivity contribution >= 4 is 0 Å². The minimum atomic E-state index is 0.950. The summed E-state index contributed by atoms with van der Waals surface area (Å²) in [5, 5.41) is 0. The van der Waals surface area contributed by atoms with Gasteiger partial charge in [-0.1, -0.05) is 181 Å². The van der Waals surface area contributed by atoms with Crippen LogP contribution in [0, 0.1) is 19.8 Å². The smallest absolute Gasteiger partial charge is 0.0417 e. The zero-order valence-electron chi connectivity index (χ0n) is 20.7. The maximum atomic E-state index is 4.01. The van der Waals surface area contributed by atoms with Crippen molar-refractivity contribution in [2.75, 3.05) is 0 Å². The highest BCUT2D eigenvalue weighted by Crippen LogP contribution is 2.20. The topological polar surface area (TPSA) is 0 Å². The van der Waals surface area contributed by atoms with E-state index >= 15 is 0 Å². The largest absolute Gasteiger partial charge is 0.0651 e. The first-order valence-electron chi connectivity index (χ1n) is 13.9. The molecule has 0 heteroatoms. The monoisotopic (exact) mass is 406 g/mol. The molecule has 0 saturated carbocycles. The fourth-order valence-electron chi connectivity index (χ4n) is 4.63. The van der Waals surface area contributed by atoms with Gasteiger partial charge in [0, 0.05) is 0 Å². The van der Waals surface area contributed by atoms with Gasteiger partial charge in [-0.25, -0.2) is 0 Å². The summed E-state index contributed by atoms with van der Waals surface area (Å²) in [5.74, 6) is 0.950. The van der Waals surface area contributed by atoms with Gasteiger partial charge in [-0.15, -0.1) is 0 Å². The van der Waals surface area contributed by atoms with Crippen LogP contribution in [-0.4, -0.2) is 0 Å². The maximum absolute atomic E-state index is 4.01. The maximum Gasteiger partial charge on any atom is -0.0417 e. The molecule has 0 aromatic rings. The average molecular weight is 407 g/mol. The van der Waals surface area contributed by atoms with E-state index in [2.05, 4.69) is 20.8 Å². The van der Waals surface area contributed by atoms with Crippen LogP contribution in [0.1, 0.15) is 167 Å². The minimum Gasteiger partial charge on any atom is -0.0651 e. The van der Waals surface area contributed by atoms with Crippen LogP contribution in [0.25, 0.3) is 0 Å². The Bertz CT molecular complexity index is 269. The van der Waals surface area contributed by atoms with Crippen molar-refractivity contribution in [1.29, 1.82) is 0 Å². The number of rotatable bonds is 25. The first kappa shape index (κ1) is 29.0. The number of hydrogen-bond acceptors (Lipinski definition) is 0. The first-order chi connectivity index (χ1) is 14.3. The molecule has 0 rings (SSSR count). The third kappa shape index (κ3) is 24.1. The van der Waals surface area contributed by atoms with Crippen LogP contribution in [0.4, 0.5) is 0 Å². The fraction of sp³-hybridized carbons (Fsp3) is 0.931. The highest BCUT2D eigenvalue weighted by molar-refractivity contribution is 4.59. The molecule has 0 fully saturated rings. The lowest BCUT2D eigenvalue weighted by Crippen LogP contribution is -1.98. The molecule has 1 atom stereocenters. The Hall–Kier alpha value is 0. The van der Waals surface area contributed by atoms with Gasteiger partial charge in [-0.05, 0) is 5.92 Å². The van der Waals surface area contributed by atoms with E-state index in [4.69, 9.17) is 0 Å². The minimum absolute atomic E-state index is 0.950. The molecule has 0 aliphatic carbocycles. The molecule has 0 aromatic carbocycles. The molecule has 0 saturated heterocycles. The van der Waals surface area contributed by atoms with E-state index in [1.165, 1.54) is 148 Å². The van der Waals surface area contributed by atoms with Gasteiger partial charge in [0.25, 0.3) is 0 Å². The summed E-state index contributed by atoms with van der Waals surface area (Å²) in [6.45, 7) is 10.3. The SMILES string of the molecule is [CH2]CCCCCCCCCCCCCCCCCCCCCCC(CC)CC[CH2]. The second-order valence-corrected chi connectivity index (χ2v) is 9.63. The molecule has 0 aliphatic rings. The lowest BCUT2D eigenvalue weighted by molar-refractivity contribution is 0.413. The van der Waals surface area contributed by atoms with Gasteiger partial charge in [0.05, 0.1) is 0 Å². The Morgan fingerprint density at radius 1 is 0.379 bits per heavy atom. The second-order valence-electron chi connectivity index (χ2n) is 9.63. The summed E-state index contributed by atoms with van der Waals surface area (Å²) in [5.41, 5.74) is 0. The zero-order chi connectivity index (χ0) is 21.3. The quantitative estimate of drug-likeness (QED) is 0.132. The summed E-state index contributed by atoms with van der Waals surface area (Å²) >= 11 is 0. The molecule has 0 nitrogen and oxygen atoms in total. The number of hydrogen-bond donors (Lipinski definition) is 0. The van der Waals surface area contributed by atoms with Gasteiger partial charge in [0.1, 0.15) is 0 Å². The van der Waals surface area contributed by atoms with Crippen LogP contribution in [-0.2, 0) is 0 Å². The van der Waals surface area contributed by atoms with Crippen molar-refractivity contribution in [3.05, 3.63) is 13.8 Å². The van der Waals surface area contributed by atoms with E-state index in [9.17, 15) is 0 Å². The lowest BCUT2D eigenvalue weighted by Gasteiger charge is -2.12. The molecule has 0 spiro atoms. The summed E-state index contributed by atoms with van der Waals surface area (Å²) in [7, 11) is 0. The first-order valence-corrected chi connectivity index (χ1v) is 13.9. The van der Waals surface area contributed by atoms with Gasteiger partial charge >= 0.3 is 0 Å². The van der Waals surface area contributed by atoms with Gasteiger partial charge in [-0.2, -0.15) is 0 Å². The van der Waals surface area contributed by atoms with E-state index in [-0.39, 0.29) is 0 Å². The van der Waals surface area contributed by atoms with Crippen LogP contribution in [0.15, 0.2) is 0 Å².